The van der Waals surface area contributed by atoms with Crippen molar-refractivity contribution in [3.63, 3.8) is 0 Å². The largest absolute Gasteiger partial charge is 0.494 e. The van der Waals surface area contributed by atoms with Crippen molar-refractivity contribution in [1.82, 2.24) is 4.98 Å². The summed E-state index contributed by atoms with van der Waals surface area (Å²) >= 11 is 1.45. The molecule has 7 heteroatoms. The highest BCUT2D eigenvalue weighted by atomic mass is 32.1. The van der Waals surface area contributed by atoms with Crippen LogP contribution in [0.1, 0.15) is 12.5 Å². The van der Waals surface area contributed by atoms with Crippen LogP contribution in [0.4, 0.5) is 10.8 Å². The molecule has 4 aromatic rings. The molecule has 1 aromatic heterocycles. The fourth-order valence-electron chi connectivity index (χ4n) is 3.18. The molecule has 0 aliphatic carbocycles. The minimum atomic E-state index is -0.241. The van der Waals surface area contributed by atoms with Gasteiger partial charge in [-0.15, -0.1) is 0 Å². The highest BCUT2D eigenvalue weighted by molar-refractivity contribution is 7.22. The lowest BCUT2D eigenvalue weighted by Gasteiger charge is -2.20. The minimum Gasteiger partial charge on any atom is -0.494 e. The lowest BCUT2D eigenvalue weighted by Crippen LogP contribution is -2.30. The first-order valence-corrected chi connectivity index (χ1v) is 11.0. The maximum absolute atomic E-state index is 13.3. The summed E-state index contributed by atoms with van der Waals surface area (Å²) in [6.07, 6.45) is 0.336. The number of benzene rings is 3. The van der Waals surface area contributed by atoms with Crippen LogP contribution in [0.5, 0.6) is 11.5 Å². The van der Waals surface area contributed by atoms with Gasteiger partial charge in [0.1, 0.15) is 11.5 Å². The molecular formula is C25H21N3O3S. The molecule has 0 atom stereocenters. The van der Waals surface area contributed by atoms with E-state index in [2.05, 4.69) is 11.1 Å². The zero-order valence-electron chi connectivity index (χ0n) is 17.5. The van der Waals surface area contributed by atoms with E-state index in [-0.39, 0.29) is 12.5 Å². The molecule has 4 rings (SSSR count). The molecule has 160 valence electrons. The number of carbonyl (C=O) groups excluding carboxylic acids is 1. The summed E-state index contributed by atoms with van der Waals surface area (Å²) < 4.78 is 12.3. The van der Waals surface area contributed by atoms with E-state index in [1.54, 1.807) is 17.0 Å². The standard InChI is InChI=1S/C25H21N3O3S/c1-2-30-20-13-9-19(10-14-20)28(25-27-22-5-3-4-6-23(22)32-25)24(29)17-31-21-11-7-18(8-12-21)15-16-26/h3-14H,2,15,17H2,1H3. The number of nitriles is 1. The number of hydrogen-bond donors (Lipinski definition) is 0. The number of nitrogens with zero attached hydrogens (tertiary/aromatic N) is 3. The van der Waals surface area contributed by atoms with E-state index in [1.165, 1.54) is 11.3 Å². The molecule has 1 heterocycles. The van der Waals surface area contributed by atoms with Crippen LogP contribution in [0.2, 0.25) is 0 Å². The van der Waals surface area contributed by atoms with Crippen molar-refractivity contribution >= 4 is 38.3 Å². The Balaban J connectivity index is 1.59. The number of aromatic nitrogens is 1. The Morgan fingerprint density at radius 2 is 1.69 bits per heavy atom. The summed E-state index contributed by atoms with van der Waals surface area (Å²) in [7, 11) is 0. The van der Waals surface area contributed by atoms with Crippen molar-refractivity contribution in [2.75, 3.05) is 18.1 Å². The zero-order valence-corrected chi connectivity index (χ0v) is 18.3. The number of carbonyl (C=O) groups is 1. The van der Waals surface area contributed by atoms with E-state index in [9.17, 15) is 4.79 Å². The molecule has 32 heavy (non-hydrogen) atoms. The van der Waals surface area contributed by atoms with Crippen LogP contribution in [0.15, 0.2) is 72.8 Å². The van der Waals surface area contributed by atoms with E-state index < -0.39 is 0 Å². The smallest absolute Gasteiger partial charge is 0.271 e. The Morgan fingerprint density at radius 1 is 1.00 bits per heavy atom. The van der Waals surface area contributed by atoms with E-state index in [0.29, 0.717) is 29.6 Å². The third-order valence-corrected chi connectivity index (χ3v) is 5.72. The number of thiazole rings is 1. The van der Waals surface area contributed by atoms with Gasteiger partial charge in [0.25, 0.3) is 5.91 Å². The van der Waals surface area contributed by atoms with Gasteiger partial charge in [-0.05, 0) is 61.0 Å². The molecule has 0 bridgehead atoms. The highest BCUT2D eigenvalue weighted by Crippen LogP contribution is 2.34. The van der Waals surface area contributed by atoms with Crippen molar-refractivity contribution in [3.05, 3.63) is 78.4 Å². The lowest BCUT2D eigenvalue weighted by molar-refractivity contribution is -0.119. The van der Waals surface area contributed by atoms with Gasteiger partial charge in [0.05, 0.1) is 35.0 Å². The van der Waals surface area contributed by atoms with E-state index in [1.807, 2.05) is 67.6 Å². The molecule has 0 fully saturated rings. The molecule has 0 aliphatic rings. The normalized spacial score (nSPS) is 10.5. The second kappa shape index (κ2) is 9.94. The monoisotopic (exact) mass is 443 g/mol. The summed E-state index contributed by atoms with van der Waals surface area (Å²) in [5, 5.41) is 9.38. The molecule has 3 aromatic carbocycles. The van der Waals surface area contributed by atoms with E-state index in [0.717, 1.165) is 21.5 Å². The number of para-hydroxylation sites is 1. The lowest BCUT2D eigenvalue weighted by atomic mass is 10.2. The van der Waals surface area contributed by atoms with Gasteiger partial charge in [0.2, 0.25) is 0 Å². The van der Waals surface area contributed by atoms with Crippen LogP contribution in [-0.2, 0) is 11.2 Å². The molecule has 0 aliphatic heterocycles. The van der Waals surface area contributed by atoms with Gasteiger partial charge in [-0.2, -0.15) is 5.26 Å². The zero-order chi connectivity index (χ0) is 22.3. The van der Waals surface area contributed by atoms with E-state index in [4.69, 9.17) is 14.7 Å². The van der Waals surface area contributed by atoms with Crippen LogP contribution in [0.25, 0.3) is 10.2 Å². The van der Waals surface area contributed by atoms with Crippen LogP contribution in [0.3, 0.4) is 0 Å². The first-order valence-electron chi connectivity index (χ1n) is 10.2. The molecule has 0 saturated carbocycles. The predicted molar refractivity (Wildman–Crippen MR) is 126 cm³/mol. The second-order valence-corrected chi connectivity index (χ2v) is 7.90. The molecule has 0 spiro atoms. The van der Waals surface area contributed by atoms with Crippen molar-refractivity contribution in [2.24, 2.45) is 0 Å². The Bertz CT molecular complexity index is 1210. The molecule has 1 amide bonds. The number of amides is 1. The van der Waals surface area contributed by atoms with Crippen molar-refractivity contribution in [2.45, 2.75) is 13.3 Å². The third-order valence-electron chi connectivity index (χ3n) is 4.70. The van der Waals surface area contributed by atoms with Crippen LogP contribution >= 0.6 is 11.3 Å². The Labute approximate surface area is 190 Å². The fourth-order valence-corrected chi connectivity index (χ4v) is 4.18. The van der Waals surface area contributed by atoms with Gasteiger partial charge < -0.3 is 9.47 Å². The van der Waals surface area contributed by atoms with Gasteiger partial charge in [-0.3, -0.25) is 9.69 Å². The van der Waals surface area contributed by atoms with Gasteiger partial charge >= 0.3 is 0 Å². The van der Waals surface area contributed by atoms with E-state index >= 15 is 0 Å². The number of ether oxygens (including phenoxy) is 2. The van der Waals surface area contributed by atoms with Gasteiger partial charge in [0, 0.05) is 0 Å². The maximum Gasteiger partial charge on any atom is 0.271 e. The molecule has 0 radical (unpaired) electrons. The summed E-state index contributed by atoms with van der Waals surface area (Å²) in [5.41, 5.74) is 2.42. The van der Waals surface area contributed by atoms with Crippen molar-refractivity contribution < 1.29 is 14.3 Å². The molecule has 0 saturated heterocycles. The molecule has 6 nitrogen and oxygen atoms in total. The summed E-state index contributed by atoms with van der Waals surface area (Å²) in [4.78, 5) is 19.5. The van der Waals surface area contributed by atoms with Crippen molar-refractivity contribution in [3.8, 4) is 17.6 Å². The predicted octanol–water partition coefficient (Wildman–Crippen LogP) is 5.50. The number of rotatable bonds is 8. The van der Waals surface area contributed by atoms with Crippen LogP contribution in [-0.4, -0.2) is 24.1 Å². The average molecular weight is 444 g/mol. The molecule has 0 N–H and O–H groups in total. The second-order valence-electron chi connectivity index (χ2n) is 6.89. The number of fused-ring (bicyclic) bond motifs is 1. The van der Waals surface area contributed by atoms with Gasteiger partial charge in [-0.1, -0.05) is 35.6 Å². The molecule has 0 unspecified atom stereocenters. The summed E-state index contributed by atoms with van der Waals surface area (Å²) in [6, 6.07) is 24.4. The summed E-state index contributed by atoms with van der Waals surface area (Å²) in [5.74, 6) is 1.06. The summed E-state index contributed by atoms with van der Waals surface area (Å²) in [6.45, 7) is 2.34. The van der Waals surface area contributed by atoms with Crippen LogP contribution in [0, 0.1) is 11.3 Å². The maximum atomic E-state index is 13.3. The van der Waals surface area contributed by atoms with Crippen LogP contribution < -0.4 is 14.4 Å². The average Bonchev–Trinajstić information content (AvgIpc) is 3.24. The number of hydrogen-bond acceptors (Lipinski definition) is 6. The van der Waals surface area contributed by atoms with Gasteiger partial charge in [-0.25, -0.2) is 4.98 Å². The third kappa shape index (κ3) is 4.88. The SMILES string of the molecule is CCOc1ccc(N(C(=O)COc2ccc(CC#N)cc2)c2nc3ccccc3s2)cc1. The molecular weight excluding hydrogens is 422 g/mol. The minimum absolute atomic E-state index is 0.152. The first kappa shape index (κ1) is 21.3. The number of anilines is 2. The Kier molecular flexibility index (Phi) is 6.63. The van der Waals surface area contributed by atoms with Crippen molar-refractivity contribution in [1.29, 1.82) is 5.26 Å². The topological polar surface area (TPSA) is 75.4 Å². The first-order chi connectivity index (χ1) is 15.7. The quantitative estimate of drug-likeness (QED) is 0.359. The fraction of sp³-hybridized carbons (Fsp3) is 0.160. The highest BCUT2D eigenvalue weighted by Gasteiger charge is 2.22. The van der Waals surface area contributed by atoms with Gasteiger partial charge in [0.15, 0.2) is 11.7 Å². The Morgan fingerprint density at radius 3 is 2.38 bits per heavy atom. The Hall–Kier alpha value is -3.89.